The molecule has 6 rings (SSSR count). The molecule has 0 spiro atoms. The van der Waals surface area contributed by atoms with Crippen LogP contribution in [0.2, 0.25) is 0 Å². The van der Waals surface area contributed by atoms with Gasteiger partial charge < -0.3 is 10.3 Å². The van der Waals surface area contributed by atoms with Crippen molar-refractivity contribution in [2.75, 3.05) is 5.32 Å². The molecule has 0 saturated carbocycles. The third-order valence-corrected chi connectivity index (χ3v) is 6.74. The van der Waals surface area contributed by atoms with Crippen molar-refractivity contribution < 1.29 is 4.79 Å². The Hall–Kier alpha value is -4.37. The lowest BCUT2D eigenvalue weighted by Gasteiger charge is -2.17. The number of hydrogen-bond donors (Lipinski definition) is 3. The van der Waals surface area contributed by atoms with E-state index in [2.05, 4.69) is 58.3 Å². The van der Waals surface area contributed by atoms with Gasteiger partial charge in [0.25, 0.3) is 0 Å². The van der Waals surface area contributed by atoms with E-state index < -0.39 is 0 Å². The maximum Gasteiger partial charge on any atom is 0.224 e. The van der Waals surface area contributed by atoms with Crippen LogP contribution in [0.15, 0.2) is 65.9 Å². The first-order valence-corrected chi connectivity index (χ1v) is 12.9. The van der Waals surface area contributed by atoms with Crippen molar-refractivity contribution in [1.82, 2.24) is 30.1 Å². The number of fused-ring (bicyclic) bond motifs is 2. The molecule has 0 aliphatic carbocycles. The zero-order valence-corrected chi connectivity index (χ0v) is 21.5. The first-order valence-electron chi connectivity index (χ1n) is 11.9. The maximum absolute atomic E-state index is 12.4. The molecule has 0 fully saturated rings. The molecule has 6 heterocycles. The van der Waals surface area contributed by atoms with Gasteiger partial charge in [0.15, 0.2) is 0 Å². The second kappa shape index (κ2) is 8.94. The Labute approximate surface area is 217 Å². The standard InChI is InChI=1S/C28H25N7OS/c1-28(2,3)11-25(36)32-18-8-17(12-29-13-18)22-9-20-24(14-31-22)34-35-27(20)23-10-19-21(33-23)4-6-30-26(19)16-5-7-37-15-16/h4-10,12-15,33H,11H2,1-3H3,(H,32,36)(H,34,35). The van der Waals surface area contributed by atoms with Gasteiger partial charge in [0.1, 0.15) is 5.69 Å². The molecule has 0 bridgehead atoms. The summed E-state index contributed by atoms with van der Waals surface area (Å²) in [5.74, 6) is -0.0397. The lowest BCUT2D eigenvalue weighted by molar-refractivity contribution is -0.117. The van der Waals surface area contributed by atoms with Crippen LogP contribution < -0.4 is 5.32 Å². The molecule has 6 aromatic rings. The summed E-state index contributed by atoms with van der Waals surface area (Å²) < 4.78 is 0. The monoisotopic (exact) mass is 507 g/mol. The van der Waals surface area contributed by atoms with Crippen LogP contribution in [0, 0.1) is 5.41 Å². The highest BCUT2D eigenvalue weighted by Crippen LogP contribution is 2.34. The fraction of sp³-hybridized carbons (Fsp3) is 0.179. The maximum atomic E-state index is 12.4. The Morgan fingerprint density at radius 2 is 1.84 bits per heavy atom. The predicted molar refractivity (Wildman–Crippen MR) is 148 cm³/mol. The van der Waals surface area contributed by atoms with Crippen molar-refractivity contribution >= 4 is 44.7 Å². The fourth-order valence-corrected chi connectivity index (χ4v) is 5.07. The highest BCUT2D eigenvalue weighted by atomic mass is 32.1. The van der Waals surface area contributed by atoms with Gasteiger partial charge in [-0.1, -0.05) is 20.8 Å². The molecular formula is C28H25N7OS. The van der Waals surface area contributed by atoms with Crippen LogP contribution in [0.3, 0.4) is 0 Å². The molecule has 1 amide bonds. The number of pyridine rings is 3. The molecule has 0 radical (unpaired) electrons. The average Bonchev–Trinajstić information content (AvgIpc) is 3.61. The number of amides is 1. The number of aromatic nitrogens is 6. The van der Waals surface area contributed by atoms with Crippen molar-refractivity contribution in [3.63, 3.8) is 0 Å². The van der Waals surface area contributed by atoms with E-state index in [-0.39, 0.29) is 11.3 Å². The summed E-state index contributed by atoms with van der Waals surface area (Å²) in [4.78, 5) is 29.5. The second-order valence-electron chi connectivity index (χ2n) is 10.3. The van der Waals surface area contributed by atoms with Gasteiger partial charge in [-0.2, -0.15) is 16.4 Å². The van der Waals surface area contributed by atoms with Crippen molar-refractivity contribution in [3.05, 3.63) is 65.9 Å². The Bertz CT molecular complexity index is 1740. The number of thiophene rings is 1. The van der Waals surface area contributed by atoms with E-state index >= 15 is 0 Å². The van der Waals surface area contributed by atoms with Gasteiger partial charge >= 0.3 is 0 Å². The quantitative estimate of drug-likeness (QED) is 0.241. The minimum Gasteiger partial charge on any atom is -0.353 e. The van der Waals surface area contributed by atoms with Crippen LogP contribution in [0.5, 0.6) is 0 Å². The topological polar surface area (TPSA) is 112 Å². The lowest BCUT2D eigenvalue weighted by atomic mass is 9.92. The van der Waals surface area contributed by atoms with Crippen LogP contribution in [-0.2, 0) is 4.79 Å². The molecule has 6 aromatic heterocycles. The van der Waals surface area contributed by atoms with Gasteiger partial charge in [0.2, 0.25) is 5.91 Å². The summed E-state index contributed by atoms with van der Waals surface area (Å²) in [7, 11) is 0. The summed E-state index contributed by atoms with van der Waals surface area (Å²) >= 11 is 1.65. The van der Waals surface area contributed by atoms with Crippen LogP contribution in [-0.4, -0.2) is 36.0 Å². The van der Waals surface area contributed by atoms with E-state index in [1.807, 2.05) is 45.2 Å². The zero-order valence-electron chi connectivity index (χ0n) is 20.7. The van der Waals surface area contributed by atoms with E-state index in [1.165, 1.54) is 0 Å². The number of anilines is 1. The van der Waals surface area contributed by atoms with Gasteiger partial charge in [-0.25, -0.2) is 0 Å². The number of nitrogens with one attached hydrogen (secondary N) is 3. The molecule has 0 aromatic carbocycles. The van der Waals surface area contributed by atoms with Crippen LogP contribution in [0.1, 0.15) is 27.2 Å². The SMILES string of the molecule is CC(C)(C)CC(=O)Nc1cncc(-c2cc3c(-c4cc5c(-c6ccsc6)nccc5[nH]4)n[nH]c3cn2)c1. The lowest BCUT2D eigenvalue weighted by Crippen LogP contribution is -2.19. The average molecular weight is 508 g/mol. The molecule has 0 saturated heterocycles. The third kappa shape index (κ3) is 4.61. The summed E-state index contributed by atoms with van der Waals surface area (Å²) in [6, 6.07) is 10.0. The minimum atomic E-state index is -0.0947. The number of nitrogens with zero attached hydrogens (tertiary/aromatic N) is 4. The Morgan fingerprint density at radius 3 is 2.65 bits per heavy atom. The molecule has 37 heavy (non-hydrogen) atoms. The van der Waals surface area contributed by atoms with E-state index in [0.717, 1.165) is 55.7 Å². The number of rotatable bonds is 5. The van der Waals surface area contributed by atoms with E-state index in [1.54, 1.807) is 29.9 Å². The van der Waals surface area contributed by atoms with Crippen molar-refractivity contribution in [1.29, 1.82) is 0 Å². The number of carbonyl (C=O) groups is 1. The van der Waals surface area contributed by atoms with Gasteiger partial charge in [-0.05, 0) is 41.1 Å². The molecule has 9 heteroatoms. The number of hydrogen-bond acceptors (Lipinski definition) is 6. The number of carbonyl (C=O) groups excluding carboxylic acids is 1. The van der Waals surface area contributed by atoms with Gasteiger partial charge in [0, 0.05) is 51.6 Å². The third-order valence-electron chi connectivity index (χ3n) is 6.05. The predicted octanol–water partition coefficient (Wildman–Crippen LogP) is 6.67. The molecule has 0 unspecified atom stereocenters. The molecule has 8 nitrogen and oxygen atoms in total. The first-order chi connectivity index (χ1) is 17.8. The Balaban J connectivity index is 1.36. The van der Waals surface area contributed by atoms with Gasteiger partial charge in [0.05, 0.1) is 40.7 Å². The summed E-state index contributed by atoms with van der Waals surface area (Å²) in [6.45, 7) is 6.11. The van der Waals surface area contributed by atoms with Crippen LogP contribution >= 0.6 is 11.3 Å². The van der Waals surface area contributed by atoms with Crippen molar-refractivity contribution in [3.8, 4) is 33.9 Å². The molecule has 0 aliphatic heterocycles. The first kappa shape index (κ1) is 23.1. The summed E-state index contributed by atoms with van der Waals surface area (Å²) in [6.07, 6.45) is 7.41. The minimum absolute atomic E-state index is 0.0397. The van der Waals surface area contributed by atoms with E-state index in [9.17, 15) is 4.79 Å². The molecule has 184 valence electrons. The smallest absolute Gasteiger partial charge is 0.224 e. The highest BCUT2D eigenvalue weighted by Gasteiger charge is 2.18. The zero-order chi connectivity index (χ0) is 25.6. The van der Waals surface area contributed by atoms with Crippen LogP contribution in [0.25, 0.3) is 55.7 Å². The molecule has 0 aliphatic rings. The molecule has 3 N–H and O–H groups in total. The van der Waals surface area contributed by atoms with Crippen molar-refractivity contribution in [2.24, 2.45) is 5.41 Å². The number of H-pyrrole nitrogens is 2. The van der Waals surface area contributed by atoms with Crippen LogP contribution in [0.4, 0.5) is 5.69 Å². The Kier molecular flexibility index (Phi) is 5.57. The van der Waals surface area contributed by atoms with E-state index in [0.29, 0.717) is 12.1 Å². The largest absolute Gasteiger partial charge is 0.353 e. The normalized spacial score (nSPS) is 11.9. The highest BCUT2D eigenvalue weighted by molar-refractivity contribution is 7.08. The fourth-order valence-electron chi connectivity index (χ4n) is 4.43. The molecule has 0 atom stereocenters. The second-order valence-corrected chi connectivity index (χ2v) is 11.0. The van der Waals surface area contributed by atoms with Gasteiger partial charge in [-0.3, -0.25) is 24.8 Å². The Morgan fingerprint density at radius 1 is 0.973 bits per heavy atom. The van der Waals surface area contributed by atoms with Crippen molar-refractivity contribution in [2.45, 2.75) is 27.2 Å². The summed E-state index contributed by atoms with van der Waals surface area (Å²) in [5.41, 5.74) is 7.66. The van der Waals surface area contributed by atoms with Gasteiger partial charge in [-0.15, -0.1) is 0 Å². The van der Waals surface area contributed by atoms with E-state index in [4.69, 9.17) is 0 Å². The summed E-state index contributed by atoms with van der Waals surface area (Å²) in [5, 5.41) is 16.8. The molecular weight excluding hydrogens is 482 g/mol. The number of aromatic amines is 2.